The second-order valence-corrected chi connectivity index (χ2v) is 9.89. The van der Waals surface area contributed by atoms with Crippen LogP contribution in [0.4, 0.5) is 0 Å². The second-order valence-electron chi connectivity index (χ2n) is 4.50. The molecule has 0 radical (unpaired) electrons. The first-order chi connectivity index (χ1) is 10.2. The normalized spacial score (nSPS) is 13.7. The van der Waals surface area contributed by atoms with Gasteiger partial charge in [0.05, 0.1) is 15.5 Å². The highest BCUT2D eigenvalue weighted by Gasteiger charge is 2.31. The highest BCUT2D eigenvalue weighted by Crippen LogP contribution is 2.23. The van der Waals surface area contributed by atoms with Gasteiger partial charge in [0.25, 0.3) is 0 Å². The van der Waals surface area contributed by atoms with Gasteiger partial charge in [0.15, 0.2) is 24.4 Å². The molecule has 118 valence electrons. The zero-order valence-electron chi connectivity index (χ0n) is 11.2. The second kappa shape index (κ2) is 6.58. The van der Waals surface area contributed by atoms with Crippen LogP contribution in [0.3, 0.4) is 0 Å². The highest BCUT2D eigenvalue weighted by atomic mass is 35.5. The van der Waals surface area contributed by atoms with Crippen LogP contribution in [0.5, 0.6) is 0 Å². The summed E-state index contributed by atoms with van der Waals surface area (Å²) in [6.45, 7) is 0. The predicted octanol–water partition coefficient (Wildman–Crippen LogP) is 3.15. The maximum absolute atomic E-state index is 12.3. The molecule has 2 aromatic rings. The zero-order chi connectivity index (χ0) is 16.4. The van der Waals surface area contributed by atoms with Crippen LogP contribution in [0.25, 0.3) is 0 Å². The minimum absolute atomic E-state index is 0.0127. The summed E-state index contributed by atoms with van der Waals surface area (Å²) in [7, 11) is -7.77. The molecule has 0 saturated carbocycles. The lowest BCUT2D eigenvalue weighted by Crippen LogP contribution is -2.25. The molecule has 0 heterocycles. The van der Waals surface area contributed by atoms with Crippen LogP contribution in [0.2, 0.25) is 5.02 Å². The topological polar surface area (TPSA) is 68.3 Å². The summed E-state index contributed by atoms with van der Waals surface area (Å²) in [4.78, 5) is -0.0351. The molecule has 0 aromatic heterocycles. The van der Waals surface area contributed by atoms with Gasteiger partial charge in [-0.25, -0.2) is 16.8 Å². The SMILES string of the molecule is O=S(=O)(C[C@@H](Cl)S(=O)(=O)c1ccccc1)c1ccc(Cl)cc1. The summed E-state index contributed by atoms with van der Waals surface area (Å²) in [6.07, 6.45) is 0. The molecule has 2 aromatic carbocycles. The third-order valence-electron chi connectivity index (χ3n) is 2.93. The number of benzene rings is 2. The van der Waals surface area contributed by atoms with Gasteiger partial charge in [-0.05, 0) is 36.4 Å². The fourth-order valence-electron chi connectivity index (χ4n) is 1.76. The Bertz CT molecular complexity index is 845. The van der Waals surface area contributed by atoms with Crippen LogP contribution in [-0.2, 0) is 19.7 Å². The van der Waals surface area contributed by atoms with Gasteiger partial charge in [0, 0.05) is 5.02 Å². The van der Waals surface area contributed by atoms with Crippen LogP contribution in [0.15, 0.2) is 64.4 Å². The number of halogens is 2. The van der Waals surface area contributed by atoms with Crippen LogP contribution < -0.4 is 0 Å². The summed E-state index contributed by atoms with van der Waals surface area (Å²) in [6, 6.07) is 13.0. The van der Waals surface area contributed by atoms with Crippen molar-refractivity contribution in [1.29, 1.82) is 0 Å². The third kappa shape index (κ3) is 3.81. The van der Waals surface area contributed by atoms with Crippen molar-refractivity contribution in [2.45, 2.75) is 14.5 Å². The average molecular weight is 379 g/mol. The van der Waals surface area contributed by atoms with Crippen molar-refractivity contribution in [1.82, 2.24) is 0 Å². The number of alkyl halides is 1. The molecule has 8 heteroatoms. The molecule has 0 aliphatic heterocycles. The third-order valence-corrected chi connectivity index (χ3v) is 7.97. The fourth-order valence-corrected chi connectivity index (χ4v) is 5.86. The van der Waals surface area contributed by atoms with Crippen LogP contribution in [0, 0.1) is 0 Å². The lowest BCUT2D eigenvalue weighted by molar-refractivity contribution is 0.584. The molecule has 0 spiro atoms. The predicted molar refractivity (Wildman–Crippen MR) is 86.8 cm³/mol. The van der Waals surface area contributed by atoms with E-state index in [0.29, 0.717) is 5.02 Å². The first-order valence-electron chi connectivity index (χ1n) is 6.15. The summed E-state index contributed by atoms with van der Waals surface area (Å²) in [5.41, 5.74) is 0. The maximum atomic E-state index is 12.3. The van der Waals surface area contributed by atoms with Gasteiger partial charge in [-0.2, -0.15) is 0 Å². The number of rotatable bonds is 5. The molecule has 0 saturated heterocycles. The van der Waals surface area contributed by atoms with Gasteiger partial charge in [-0.1, -0.05) is 29.8 Å². The van der Waals surface area contributed by atoms with E-state index >= 15 is 0 Å². The summed E-state index contributed by atoms with van der Waals surface area (Å²) in [5.74, 6) is -0.715. The van der Waals surface area contributed by atoms with E-state index in [9.17, 15) is 16.8 Å². The molecule has 0 aliphatic rings. The minimum Gasteiger partial charge on any atom is -0.224 e. The molecular weight excluding hydrogens is 367 g/mol. The van der Waals surface area contributed by atoms with Crippen molar-refractivity contribution in [2.24, 2.45) is 0 Å². The highest BCUT2D eigenvalue weighted by molar-refractivity contribution is 7.96. The van der Waals surface area contributed by atoms with Gasteiger partial charge in [-0.15, -0.1) is 11.6 Å². The first kappa shape index (κ1) is 17.3. The molecule has 1 atom stereocenters. The number of hydrogen-bond donors (Lipinski definition) is 0. The minimum atomic E-state index is -3.93. The Morgan fingerprint density at radius 3 is 1.91 bits per heavy atom. The summed E-state index contributed by atoms with van der Waals surface area (Å²) < 4.78 is 47.5. The molecule has 0 amide bonds. The molecule has 0 fully saturated rings. The quantitative estimate of drug-likeness (QED) is 0.749. The Kier molecular flexibility index (Phi) is 5.17. The van der Waals surface area contributed by atoms with Crippen molar-refractivity contribution >= 4 is 42.9 Å². The zero-order valence-corrected chi connectivity index (χ0v) is 14.3. The largest absolute Gasteiger partial charge is 0.224 e. The van der Waals surface area contributed by atoms with Gasteiger partial charge in [0.1, 0.15) is 0 Å². The Balaban J connectivity index is 2.28. The van der Waals surface area contributed by atoms with Gasteiger partial charge in [-0.3, -0.25) is 0 Å². The Labute approximate surface area is 139 Å². The monoisotopic (exact) mass is 378 g/mol. The average Bonchev–Trinajstić information content (AvgIpc) is 2.48. The molecular formula is C14H12Cl2O4S2. The Hall–Kier alpha value is -1.08. The van der Waals surface area contributed by atoms with E-state index in [4.69, 9.17) is 23.2 Å². The van der Waals surface area contributed by atoms with E-state index in [0.717, 1.165) is 0 Å². The maximum Gasteiger partial charge on any atom is 0.196 e. The van der Waals surface area contributed by atoms with E-state index in [1.165, 1.54) is 36.4 Å². The molecule has 2 rings (SSSR count). The standard InChI is InChI=1S/C14H12Cl2O4S2/c15-11-6-8-12(9-7-11)21(17,18)10-14(16)22(19,20)13-4-2-1-3-5-13/h1-9,14H,10H2/t14-/m0/s1. The summed E-state index contributed by atoms with van der Waals surface area (Å²) in [5, 5.41) is 0.387. The Morgan fingerprint density at radius 2 is 1.36 bits per heavy atom. The van der Waals surface area contributed by atoms with Crippen molar-refractivity contribution in [2.75, 3.05) is 5.75 Å². The van der Waals surface area contributed by atoms with Crippen LogP contribution in [-0.4, -0.2) is 27.3 Å². The van der Waals surface area contributed by atoms with Crippen molar-refractivity contribution in [3.05, 3.63) is 59.6 Å². The van der Waals surface area contributed by atoms with Crippen LogP contribution in [0.1, 0.15) is 0 Å². The molecule has 22 heavy (non-hydrogen) atoms. The van der Waals surface area contributed by atoms with E-state index in [-0.39, 0.29) is 9.79 Å². The van der Waals surface area contributed by atoms with E-state index in [2.05, 4.69) is 0 Å². The number of hydrogen-bond acceptors (Lipinski definition) is 4. The molecule has 0 bridgehead atoms. The van der Waals surface area contributed by atoms with E-state index in [1.54, 1.807) is 18.2 Å². The van der Waals surface area contributed by atoms with E-state index < -0.39 is 30.1 Å². The lowest BCUT2D eigenvalue weighted by atomic mass is 10.4. The molecule has 0 unspecified atom stereocenters. The van der Waals surface area contributed by atoms with Gasteiger partial charge < -0.3 is 0 Å². The van der Waals surface area contributed by atoms with Gasteiger partial charge >= 0.3 is 0 Å². The Morgan fingerprint density at radius 1 is 0.818 bits per heavy atom. The van der Waals surface area contributed by atoms with Crippen molar-refractivity contribution < 1.29 is 16.8 Å². The number of sulfone groups is 2. The van der Waals surface area contributed by atoms with Crippen LogP contribution >= 0.6 is 23.2 Å². The van der Waals surface area contributed by atoms with Crippen molar-refractivity contribution in [3.63, 3.8) is 0 Å². The fraction of sp³-hybridized carbons (Fsp3) is 0.143. The lowest BCUT2D eigenvalue weighted by Gasteiger charge is -2.12. The van der Waals surface area contributed by atoms with E-state index in [1.807, 2.05) is 0 Å². The smallest absolute Gasteiger partial charge is 0.196 e. The first-order valence-corrected chi connectivity index (χ1v) is 10.2. The van der Waals surface area contributed by atoms with Crippen molar-refractivity contribution in [3.8, 4) is 0 Å². The molecule has 4 nitrogen and oxygen atoms in total. The molecule has 0 aliphatic carbocycles. The molecule has 0 N–H and O–H groups in total. The summed E-state index contributed by atoms with van der Waals surface area (Å²) >= 11 is 11.6. The van der Waals surface area contributed by atoms with Gasteiger partial charge in [0.2, 0.25) is 0 Å².